The van der Waals surface area contributed by atoms with Gasteiger partial charge in [-0.3, -0.25) is 9.59 Å². The maximum Gasteiger partial charge on any atom is 0.248 e. The second-order valence-corrected chi connectivity index (χ2v) is 4.54. The molecule has 0 radical (unpaired) electrons. The van der Waals surface area contributed by atoms with Crippen molar-refractivity contribution in [1.29, 1.82) is 0 Å². The molecule has 0 heterocycles. The van der Waals surface area contributed by atoms with E-state index in [2.05, 4.69) is 5.32 Å². The first-order valence-corrected chi connectivity index (χ1v) is 6.41. The van der Waals surface area contributed by atoms with E-state index >= 15 is 0 Å². The number of carbonyl (C=O) groups excluding carboxylic acids is 2. The van der Waals surface area contributed by atoms with Crippen LogP contribution in [0.25, 0.3) is 0 Å². The van der Waals surface area contributed by atoms with Gasteiger partial charge in [0, 0.05) is 17.9 Å². The first-order valence-electron chi connectivity index (χ1n) is 5.49. The minimum absolute atomic E-state index is 0.163. The average molecular weight is 289 g/mol. The molecule has 0 aliphatic rings. The number of nitrogens with two attached hydrogens (primary N) is 1. The number of halogens is 2. The molecule has 1 rings (SSSR count). The van der Waals surface area contributed by atoms with Crippen LogP contribution in [0.4, 0.5) is 5.69 Å². The van der Waals surface area contributed by atoms with E-state index in [0.29, 0.717) is 35.0 Å². The third-order valence-electron chi connectivity index (χ3n) is 2.31. The Morgan fingerprint density at radius 3 is 2.61 bits per heavy atom. The van der Waals surface area contributed by atoms with Crippen molar-refractivity contribution in [2.75, 3.05) is 11.2 Å². The summed E-state index contributed by atoms with van der Waals surface area (Å²) < 4.78 is 0. The average Bonchev–Trinajstić information content (AvgIpc) is 2.32. The van der Waals surface area contributed by atoms with Gasteiger partial charge in [-0.25, -0.2) is 0 Å². The molecule has 18 heavy (non-hydrogen) atoms. The van der Waals surface area contributed by atoms with Gasteiger partial charge in [-0.05, 0) is 31.0 Å². The molecule has 0 bridgehead atoms. The van der Waals surface area contributed by atoms with Crippen LogP contribution in [-0.4, -0.2) is 17.7 Å². The Morgan fingerprint density at radius 1 is 1.28 bits per heavy atom. The molecule has 2 amide bonds. The molecule has 0 unspecified atom stereocenters. The van der Waals surface area contributed by atoms with Crippen LogP contribution in [-0.2, 0) is 4.79 Å². The molecule has 1 aromatic carbocycles. The van der Waals surface area contributed by atoms with Crippen molar-refractivity contribution in [1.82, 2.24) is 0 Å². The quantitative estimate of drug-likeness (QED) is 0.624. The summed E-state index contributed by atoms with van der Waals surface area (Å²) in [7, 11) is 0. The molecule has 0 saturated carbocycles. The Labute approximate surface area is 115 Å². The monoisotopic (exact) mass is 288 g/mol. The lowest BCUT2D eigenvalue weighted by molar-refractivity contribution is -0.116. The standard InChI is InChI=1S/C12H14Cl2N2O2/c13-6-2-1-3-11(17)16-10-7-8(12(15)18)4-5-9(10)14/h4-5,7H,1-3,6H2,(H2,15,18)(H,16,17). The summed E-state index contributed by atoms with van der Waals surface area (Å²) >= 11 is 11.4. The number of rotatable bonds is 6. The summed E-state index contributed by atoms with van der Waals surface area (Å²) in [5.41, 5.74) is 5.85. The zero-order chi connectivity index (χ0) is 13.5. The van der Waals surface area contributed by atoms with Crippen LogP contribution >= 0.6 is 23.2 Å². The van der Waals surface area contributed by atoms with E-state index in [9.17, 15) is 9.59 Å². The van der Waals surface area contributed by atoms with Crippen LogP contribution in [0.3, 0.4) is 0 Å². The third-order valence-corrected chi connectivity index (χ3v) is 2.91. The van der Waals surface area contributed by atoms with Crippen LogP contribution in [0.15, 0.2) is 18.2 Å². The molecule has 0 aromatic heterocycles. The lowest BCUT2D eigenvalue weighted by Crippen LogP contribution is -2.14. The predicted molar refractivity (Wildman–Crippen MR) is 73.2 cm³/mol. The fourth-order valence-corrected chi connectivity index (χ4v) is 1.72. The van der Waals surface area contributed by atoms with Crippen LogP contribution in [0.1, 0.15) is 29.6 Å². The van der Waals surface area contributed by atoms with Crippen molar-refractivity contribution in [3.05, 3.63) is 28.8 Å². The van der Waals surface area contributed by atoms with Gasteiger partial charge in [0.1, 0.15) is 0 Å². The number of amides is 2. The normalized spacial score (nSPS) is 10.1. The molecule has 0 saturated heterocycles. The molecule has 0 atom stereocenters. The van der Waals surface area contributed by atoms with Crippen LogP contribution in [0.2, 0.25) is 5.02 Å². The Kier molecular flexibility index (Phi) is 5.95. The number of carbonyl (C=O) groups is 2. The van der Waals surface area contributed by atoms with Crippen LogP contribution < -0.4 is 11.1 Å². The largest absolute Gasteiger partial charge is 0.366 e. The second-order valence-electron chi connectivity index (χ2n) is 3.75. The van der Waals surface area contributed by atoms with Crippen molar-refractivity contribution in [3.63, 3.8) is 0 Å². The Hall–Kier alpha value is -1.26. The predicted octanol–water partition coefficient (Wildman–Crippen LogP) is 2.79. The van der Waals surface area contributed by atoms with Gasteiger partial charge in [-0.1, -0.05) is 11.6 Å². The smallest absolute Gasteiger partial charge is 0.248 e. The number of unbranched alkanes of at least 4 members (excludes halogenated alkanes) is 1. The van der Waals surface area contributed by atoms with Crippen LogP contribution in [0.5, 0.6) is 0 Å². The van der Waals surface area contributed by atoms with E-state index in [1.807, 2.05) is 0 Å². The van der Waals surface area contributed by atoms with Crippen molar-refractivity contribution in [2.24, 2.45) is 5.73 Å². The topological polar surface area (TPSA) is 72.2 Å². The molecular weight excluding hydrogens is 275 g/mol. The molecule has 3 N–H and O–H groups in total. The minimum Gasteiger partial charge on any atom is -0.366 e. The van der Waals surface area contributed by atoms with Gasteiger partial charge < -0.3 is 11.1 Å². The van der Waals surface area contributed by atoms with Crippen molar-refractivity contribution < 1.29 is 9.59 Å². The highest BCUT2D eigenvalue weighted by molar-refractivity contribution is 6.33. The van der Waals surface area contributed by atoms with Crippen molar-refractivity contribution >= 4 is 40.7 Å². The van der Waals surface area contributed by atoms with Gasteiger partial charge in [0.15, 0.2) is 0 Å². The molecule has 0 fully saturated rings. The second kappa shape index (κ2) is 7.24. The number of nitrogens with one attached hydrogen (secondary N) is 1. The van der Waals surface area contributed by atoms with Gasteiger partial charge in [0.2, 0.25) is 11.8 Å². The van der Waals surface area contributed by atoms with Gasteiger partial charge in [-0.15, -0.1) is 11.6 Å². The molecule has 0 spiro atoms. The lowest BCUT2D eigenvalue weighted by Gasteiger charge is -2.08. The van der Waals surface area contributed by atoms with Gasteiger partial charge in [0.05, 0.1) is 10.7 Å². The Balaban J connectivity index is 2.68. The third kappa shape index (κ3) is 4.55. The summed E-state index contributed by atoms with van der Waals surface area (Å²) in [6.07, 6.45) is 1.86. The molecular formula is C12H14Cl2N2O2. The number of benzene rings is 1. The number of hydrogen-bond acceptors (Lipinski definition) is 2. The SMILES string of the molecule is NC(=O)c1ccc(Cl)c(NC(=O)CCCCCl)c1. The Morgan fingerprint density at radius 2 is 2.00 bits per heavy atom. The molecule has 0 aliphatic heterocycles. The van der Waals surface area contributed by atoms with Gasteiger partial charge in [0.25, 0.3) is 0 Å². The van der Waals surface area contributed by atoms with Crippen molar-refractivity contribution in [3.8, 4) is 0 Å². The highest BCUT2D eigenvalue weighted by atomic mass is 35.5. The molecule has 6 heteroatoms. The number of hydrogen-bond donors (Lipinski definition) is 2. The maximum absolute atomic E-state index is 11.6. The Bertz CT molecular complexity index is 450. The molecule has 98 valence electrons. The fourth-order valence-electron chi connectivity index (χ4n) is 1.37. The summed E-state index contributed by atoms with van der Waals surface area (Å²) in [4.78, 5) is 22.6. The van der Waals surface area contributed by atoms with E-state index in [4.69, 9.17) is 28.9 Å². The van der Waals surface area contributed by atoms with Gasteiger partial charge in [-0.2, -0.15) is 0 Å². The first kappa shape index (κ1) is 14.8. The van der Waals surface area contributed by atoms with Gasteiger partial charge >= 0.3 is 0 Å². The zero-order valence-electron chi connectivity index (χ0n) is 9.71. The maximum atomic E-state index is 11.6. The first-order chi connectivity index (χ1) is 8.54. The minimum atomic E-state index is -0.565. The molecule has 4 nitrogen and oxygen atoms in total. The van der Waals surface area contributed by atoms with Crippen molar-refractivity contribution in [2.45, 2.75) is 19.3 Å². The summed E-state index contributed by atoms with van der Waals surface area (Å²) in [5, 5.41) is 3.01. The highest BCUT2D eigenvalue weighted by Crippen LogP contribution is 2.23. The lowest BCUT2D eigenvalue weighted by atomic mass is 10.2. The number of primary amides is 1. The summed E-state index contributed by atoms with van der Waals surface area (Å²) in [6.45, 7) is 0. The van der Waals surface area contributed by atoms with E-state index in [-0.39, 0.29) is 5.91 Å². The van der Waals surface area contributed by atoms with E-state index < -0.39 is 5.91 Å². The molecule has 1 aromatic rings. The summed E-state index contributed by atoms with van der Waals surface area (Å²) in [6, 6.07) is 4.49. The van der Waals surface area contributed by atoms with Crippen LogP contribution in [0, 0.1) is 0 Å². The number of alkyl halides is 1. The number of anilines is 1. The van der Waals surface area contributed by atoms with E-state index in [1.165, 1.54) is 18.2 Å². The van der Waals surface area contributed by atoms with E-state index in [1.54, 1.807) is 0 Å². The summed E-state index contributed by atoms with van der Waals surface area (Å²) in [5.74, 6) is -0.196. The zero-order valence-corrected chi connectivity index (χ0v) is 11.2. The molecule has 0 aliphatic carbocycles. The van der Waals surface area contributed by atoms with E-state index in [0.717, 1.165) is 6.42 Å². The fraction of sp³-hybridized carbons (Fsp3) is 0.333. The highest BCUT2D eigenvalue weighted by Gasteiger charge is 2.08.